The van der Waals surface area contributed by atoms with Crippen LogP contribution in [0.3, 0.4) is 0 Å². The molecule has 1 amide bonds. The first kappa shape index (κ1) is 15.8. The Morgan fingerprint density at radius 3 is 2.96 bits per heavy atom. The highest BCUT2D eigenvalue weighted by Crippen LogP contribution is 2.29. The summed E-state index contributed by atoms with van der Waals surface area (Å²) in [6, 6.07) is 4.03. The number of thiophene rings is 1. The fourth-order valence-corrected chi connectivity index (χ4v) is 3.90. The molecule has 0 unspecified atom stereocenters. The molecule has 0 spiro atoms. The average Bonchev–Trinajstić information content (AvgIpc) is 3.13. The number of hydrogen-bond acceptors (Lipinski definition) is 4. The predicted molar refractivity (Wildman–Crippen MR) is 92.7 cm³/mol. The molecule has 1 saturated carbocycles. The van der Waals surface area contributed by atoms with E-state index in [4.69, 9.17) is 4.74 Å². The van der Waals surface area contributed by atoms with E-state index in [2.05, 4.69) is 9.55 Å². The van der Waals surface area contributed by atoms with Gasteiger partial charge in [0, 0.05) is 36.7 Å². The van der Waals surface area contributed by atoms with Crippen LogP contribution in [-0.4, -0.2) is 40.1 Å². The number of amides is 1. The second kappa shape index (κ2) is 7.07. The van der Waals surface area contributed by atoms with Gasteiger partial charge >= 0.3 is 0 Å². The number of carbonyl (C=O) groups is 1. The van der Waals surface area contributed by atoms with Crippen LogP contribution in [0.1, 0.15) is 23.4 Å². The lowest BCUT2D eigenvalue weighted by Gasteiger charge is -2.24. The first-order chi connectivity index (χ1) is 11.8. The van der Waals surface area contributed by atoms with E-state index in [0.29, 0.717) is 18.9 Å². The molecular formula is C18H23N3O2S. The lowest BCUT2D eigenvalue weighted by molar-refractivity contribution is -0.131. The maximum absolute atomic E-state index is 12.7. The van der Waals surface area contributed by atoms with Crippen LogP contribution in [0.5, 0.6) is 0 Å². The summed E-state index contributed by atoms with van der Waals surface area (Å²) in [6.45, 7) is 3.87. The van der Waals surface area contributed by atoms with Crippen molar-refractivity contribution >= 4 is 17.2 Å². The number of nitrogens with zero attached hydrogens (tertiary/aromatic N) is 3. The fraction of sp³-hybridized carbons (Fsp3) is 0.556. The van der Waals surface area contributed by atoms with E-state index in [1.54, 1.807) is 11.3 Å². The molecule has 0 bridgehead atoms. The van der Waals surface area contributed by atoms with Gasteiger partial charge < -0.3 is 14.2 Å². The molecule has 1 fully saturated rings. The van der Waals surface area contributed by atoms with Crippen LogP contribution in [-0.2, 0) is 29.0 Å². The highest BCUT2D eigenvalue weighted by atomic mass is 32.1. The van der Waals surface area contributed by atoms with Gasteiger partial charge in [-0.2, -0.15) is 0 Å². The van der Waals surface area contributed by atoms with Gasteiger partial charge in [-0.1, -0.05) is 6.07 Å². The molecule has 0 saturated heterocycles. The number of aromatic nitrogens is 2. The summed E-state index contributed by atoms with van der Waals surface area (Å²) in [5.41, 5.74) is 1.11. The Kier molecular flexibility index (Phi) is 4.67. The largest absolute Gasteiger partial charge is 0.381 e. The molecule has 1 aliphatic carbocycles. The molecule has 6 heteroatoms. The molecule has 3 heterocycles. The number of imidazole rings is 1. The van der Waals surface area contributed by atoms with Crippen molar-refractivity contribution in [1.82, 2.24) is 14.5 Å². The Bertz CT molecular complexity index is 678. The average molecular weight is 345 g/mol. The van der Waals surface area contributed by atoms with Crippen LogP contribution in [0.2, 0.25) is 0 Å². The molecule has 128 valence electrons. The summed E-state index contributed by atoms with van der Waals surface area (Å²) in [5.74, 6) is 1.29. The minimum atomic E-state index is 0.194. The Hall–Kier alpha value is -1.66. The monoisotopic (exact) mass is 345 g/mol. The molecule has 1 aliphatic heterocycles. The minimum Gasteiger partial charge on any atom is -0.381 e. The third-order valence-electron chi connectivity index (χ3n) is 4.75. The van der Waals surface area contributed by atoms with Crippen LogP contribution < -0.4 is 0 Å². The minimum absolute atomic E-state index is 0.194. The van der Waals surface area contributed by atoms with Crippen molar-refractivity contribution in [3.8, 4) is 0 Å². The maximum Gasteiger partial charge on any atom is 0.228 e. The molecule has 24 heavy (non-hydrogen) atoms. The summed E-state index contributed by atoms with van der Waals surface area (Å²) in [6.07, 6.45) is 6.85. The highest BCUT2D eigenvalue weighted by molar-refractivity contribution is 7.10. The van der Waals surface area contributed by atoms with Crippen LogP contribution in [0.25, 0.3) is 0 Å². The molecule has 0 radical (unpaired) electrons. The van der Waals surface area contributed by atoms with Crippen molar-refractivity contribution in [2.24, 2.45) is 11.8 Å². The summed E-state index contributed by atoms with van der Waals surface area (Å²) in [5, 5.41) is 2.02. The van der Waals surface area contributed by atoms with Gasteiger partial charge in [0.15, 0.2) is 0 Å². The number of hydrogen-bond donors (Lipinski definition) is 0. The van der Waals surface area contributed by atoms with E-state index in [1.807, 2.05) is 34.9 Å². The maximum atomic E-state index is 12.7. The Morgan fingerprint density at radius 2 is 2.17 bits per heavy atom. The van der Waals surface area contributed by atoms with Crippen molar-refractivity contribution in [3.05, 3.63) is 40.6 Å². The standard InChI is InChI=1S/C18H23N3O2S/c22-18(6-17-2-1-5-24-17)20-8-15(12-23-11-14-3-4-14)9-21-13-19-7-16(21)10-20/h1-2,5,7,13-15H,3-4,6,8-12H2/t15-/m1/s1. The van der Waals surface area contributed by atoms with E-state index >= 15 is 0 Å². The van der Waals surface area contributed by atoms with Crippen LogP contribution in [0.4, 0.5) is 0 Å². The van der Waals surface area contributed by atoms with Gasteiger partial charge in [0.25, 0.3) is 0 Å². The van der Waals surface area contributed by atoms with Crippen molar-refractivity contribution in [2.45, 2.75) is 32.4 Å². The smallest absolute Gasteiger partial charge is 0.228 e. The zero-order valence-electron chi connectivity index (χ0n) is 13.8. The van der Waals surface area contributed by atoms with E-state index in [9.17, 15) is 4.79 Å². The first-order valence-corrected chi connectivity index (χ1v) is 9.53. The summed E-state index contributed by atoms with van der Waals surface area (Å²) < 4.78 is 8.08. The number of rotatable bonds is 6. The van der Waals surface area contributed by atoms with Gasteiger partial charge in [-0.05, 0) is 30.2 Å². The lowest BCUT2D eigenvalue weighted by atomic mass is 10.1. The Labute approximate surface area is 146 Å². The molecule has 5 nitrogen and oxygen atoms in total. The normalized spacial score (nSPS) is 20.7. The second-order valence-electron chi connectivity index (χ2n) is 6.91. The Morgan fingerprint density at radius 1 is 1.29 bits per heavy atom. The van der Waals surface area contributed by atoms with E-state index in [0.717, 1.165) is 42.8 Å². The Balaban J connectivity index is 1.42. The first-order valence-electron chi connectivity index (χ1n) is 8.65. The van der Waals surface area contributed by atoms with Crippen molar-refractivity contribution in [3.63, 3.8) is 0 Å². The zero-order valence-corrected chi connectivity index (χ0v) is 14.6. The molecule has 2 aromatic rings. The van der Waals surface area contributed by atoms with Crippen LogP contribution in [0.15, 0.2) is 30.0 Å². The lowest BCUT2D eigenvalue weighted by Crippen LogP contribution is -2.36. The molecule has 0 aromatic carbocycles. The van der Waals surface area contributed by atoms with Gasteiger partial charge in [0.1, 0.15) is 0 Å². The molecule has 1 atom stereocenters. The molecule has 0 N–H and O–H groups in total. The topological polar surface area (TPSA) is 47.4 Å². The van der Waals surface area contributed by atoms with Crippen molar-refractivity contribution in [1.29, 1.82) is 0 Å². The highest BCUT2D eigenvalue weighted by Gasteiger charge is 2.27. The second-order valence-corrected chi connectivity index (χ2v) is 7.95. The quantitative estimate of drug-likeness (QED) is 0.808. The van der Waals surface area contributed by atoms with Crippen LogP contribution in [0, 0.1) is 11.8 Å². The fourth-order valence-electron chi connectivity index (χ4n) is 3.21. The molecule has 4 rings (SSSR count). The SMILES string of the molecule is O=C(Cc1cccs1)N1Cc2cncn2C[C@H](COCC2CC2)C1. The predicted octanol–water partition coefficient (Wildman–Crippen LogP) is 2.57. The molecular weight excluding hydrogens is 322 g/mol. The summed E-state index contributed by atoms with van der Waals surface area (Å²) in [7, 11) is 0. The van der Waals surface area contributed by atoms with Crippen molar-refractivity contribution in [2.75, 3.05) is 19.8 Å². The summed E-state index contributed by atoms with van der Waals surface area (Å²) in [4.78, 5) is 20.1. The number of fused-ring (bicyclic) bond motifs is 1. The van der Waals surface area contributed by atoms with Gasteiger partial charge in [-0.3, -0.25) is 4.79 Å². The van der Waals surface area contributed by atoms with E-state index < -0.39 is 0 Å². The zero-order chi connectivity index (χ0) is 16.4. The van der Waals surface area contributed by atoms with E-state index in [1.165, 1.54) is 12.8 Å². The van der Waals surface area contributed by atoms with E-state index in [-0.39, 0.29) is 5.91 Å². The van der Waals surface area contributed by atoms with Gasteiger partial charge in [0.05, 0.1) is 31.6 Å². The molecule has 2 aliphatic rings. The van der Waals surface area contributed by atoms with Gasteiger partial charge in [-0.15, -0.1) is 11.3 Å². The number of carbonyl (C=O) groups excluding carboxylic acids is 1. The number of ether oxygens (including phenoxy) is 1. The van der Waals surface area contributed by atoms with Gasteiger partial charge in [-0.25, -0.2) is 4.98 Å². The van der Waals surface area contributed by atoms with Crippen LogP contribution >= 0.6 is 11.3 Å². The summed E-state index contributed by atoms with van der Waals surface area (Å²) >= 11 is 1.64. The third kappa shape index (κ3) is 3.87. The van der Waals surface area contributed by atoms with Gasteiger partial charge in [0.2, 0.25) is 5.91 Å². The third-order valence-corrected chi connectivity index (χ3v) is 5.62. The molecule has 2 aromatic heterocycles. The van der Waals surface area contributed by atoms with Crippen molar-refractivity contribution < 1.29 is 9.53 Å².